The smallest absolute Gasteiger partial charge is 0.143 e. The Kier molecular flexibility index (Phi) is 3.34. The molecule has 2 aliphatic rings. The summed E-state index contributed by atoms with van der Waals surface area (Å²) < 4.78 is 10.8. The molecular weight excluding hydrogens is 322 g/mol. The fraction of sp³-hybridized carbons (Fsp3) is 0.294. The Balaban J connectivity index is 1.81. The minimum atomic E-state index is -0.563. The molecule has 1 N–H and O–H groups in total. The second-order valence-corrected chi connectivity index (χ2v) is 6.82. The number of nitrogens with zero attached hydrogens (tertiary/aromatic N) is 4. The Bertz CT molecular complexity index is 926. The zero-order chi connectivity index (χ0) is 17.8. The van der Waals surface area contributed by atoms with Crippen LogP contribution < -0.4 is 9.91 Å². The third-order valence-electron chi connectivity index (χ3n) is 4.17. The van der Waals surface area contributed by atoms with Crippen molar-refractivity contribution in [2.24, 2.45) is 0 Å². The molecule has 0 amide bonds. The zero-order valence-corrected chi connectivity index (χ0v) is 14.5. The van der Waals surface area contributed by atoms with Crippen LogP contribution in [0.2, 0.25) is 0 Å². The number of rotatable bonds is 2. The lowest BCUT2D eigenvalue weighted by atomic mass is 9.98. The summed E-state index contributed by atoms with van der Waals surface area (Å²) >= 11 is 0. The number of ether oxygens (including phenoxy) is 1. The van der Waals surface area contributed by atoms with Crippen LogP contribution in [0.5, 0.6) is 5.75 Å². The summed E-state index contributed by atoms with van der Waals surface area (Å²) in [7, 11) is 3.80. The third kappa shape index (κ3) is 2.65. The topological polar surface area (TPSA) is 82.1 Å². The largest absolute Gasteiger partial charge is 0.603 e. The van der Waals surface area contributed by atoms with Gasteiger partial charge in [-0.15, -0.1) is 0 Å². The lowest BCUT2D eigenvalue weighted by Crippen LogP contribution is -3.09. The minimum absolute atomic E-state index is 0.112. The average Bonchev–Trinajstić information content (AvgIpc) is 2.98. The molecule has 130 valence electrons. The van der Waals surface area contributed by atoms with Gasteiger partial charge in [0.05, 0.1) is 11.9 Å². The number of hydrogen-bond acceptors (Lipinski definition) is 7. The van der Waals surface area contributed by atoms with E-state index in [0.29, 0.717) is 16.8 Å². The van der Waals surface area contributed by atoms with Crippen LogP contribution in [-0.4, -0.2) is 39.9 Å². The van der Waals surface area contributed by atoms with E-state index >= 15 is 0 Å². The SMILES string of the molecule is CN(C)C1=C[NH+]([O-])N(C2=CC(C)(C)Oc3cc4nonc4cc32)C=C1. The van der Waals surface area contributed by atoms with Crippen LogP contribution in [0.25, 0.3) is 16.7 Å². The van der Waals surface area contributed by atoms with E-state index < -0.39 is 5.60 Å². The summed E-state index contributed by atoms with van der Waals surface area (Å²) in [5.74, 6) is 0.647. The second kappa shape index (κ2) is 5.33. The van der Waals surface area contributed by atoms with Crippen LogP contribution in [-0.2, 0) is 0 Å². The van der Waals surface area contributed by atoms with Gasteiger partial charge in [-0.2, -0.15) is 5.01 Å². The molecule has 0 saturated carbocycles. The van der Waals surface area contributed by atoms with Crippen molar-refractivity contribution in [3.05, 3.63) is 53.2 Å². The molecule has 8 nitrogen and oxygen atoms in total. The van der Waals surface area contributed by atoms with Gasteiger partial charge >= 0.3 is 0 Å². The van der Waals surface area contributed by atoms with Crippen LogP contribution >= 0.6 is 0 Å². The predicted octanol–water partition coefficient (Wildman–Crippen LogP) is 1.26. The van der Waals surface area contributed by atoms with Crippen molar-refractivity contribution < 1.29 is 14.5 Å². The molecule has 0 bridgehead atoms. The quantitative estimate of drug-likeness (QED) is 0.824. The standard InChI is InChI=1S/C17H19N5O3/c1-17(2)9-15(21-6-5-11(20(3)4)10-22(21)23)12-7-13-14(19-25-18-13)8-16(12)24-17/h5-10,22H,1-4H3. The third-order valence-corrected chi connectivity index (χ3v) is 4.17. The molecule has 3 heterocycles. The summed E-state index contributed by atoms with van der Waals surface area (Å²) in [6, 6.07) is 3.61. The molecule has 1 aromatic carbocycles. The van der Waals surface area contributed by atoms with Gasteiger partial charge in [-0.25, -0.2) is 9.80 Å². The van der Waals surface area contributed by atoms with Gasteiger partial charge in [0.15, 0.2) is 0 Å². The van der Waals surface area contributed by atoms with E-state index in [1.807, 2.05) is 51.1 Å². The Labute approximate surface area is 144 Å². The number of likely N-dealkylation sites (N-methyl/N-ethyl adjacent to an activating group) is 1. The number of allylic oxidation sites excluding steroid dienone is 1. The molecule has 1 atom stereocenters. The molecule has 4 rings (SSSR count). The van der Waals surface area contributed by atoms with E-state index in [4.69, 9.17) is 9.37 Å². The van der Waals surface area contributed by atoms with Gasteiger partial charge in [0.1, 0.15) is 34.3 Å². The Morgan fingerprint density at radius 2 is 1.92 bits per heavy atom. The first kappa shape index (κ1) is 15.7. The number of quaternary nitrogens is 1. The van der Waals surface area contributed by atoms with Crippen LogP contribution in [0, 0.1) is 5.21 Å². The molecular formula is C17H19N5O3. The minimum Gasteiger partial charge on any atom is -0.603 e. The van der Waals surface area contributed by atoms with Gasteiger partial charge in [-0.1, -0.05) is 0 Å². The molecule has 0 saturated heterocycles. The number of benzene rings is 1. The van der Waals surface area contributed by atoms with Crippen molar-refractivity contribution in [2.45, 2.75) is 19.4 Å². The maximum Gasteiger partial charge on any atom is 0.143 e. The van der Waals surface area contributed by atoms with E-state index in [-0.39, 0.29) is 5.17 Å². The summed E-state index contributed by atoms with van der Waals surface area (Å²) in [6.45, 7) is 3.89. The Morgan fingerprint density at radius 1 is 1.20 bits per heavy atom. The Morgan fingerprint density at radius 3 is 2.60 bits per heavy atom. The van der Waals surface area contributed by atoms with Crippen molar-refractivity contribution in [1.82, 2.24) is 20.2 Å². The zero-order valence-electron chi connectivity index (χ0n) is 14.5. The number of aromatic nitrogens is 2. The fourth-order valence-electron chi connectivity index (χ4n) is 2.96. The molecule has 2 aliphatic heterocycles. The van der Waals surface area contributed by atoms with Gasteiger partial charge in [0.2, 0.25) is 0 Å². The molecule has 0 spiro atoms. The van der Waals surface area contributed by atoms with Crippen molar-refractivity contribution in [3.8, 4) is 5.75 Å². The molecule has 8 heteroatoms. The maximum absolute atomic E-state index is 12.7. The highest BCUT2D eigenvalue weighted by Gasteiger charge is 2.32. The molecule has 0 fully saturated rings. The van der Waals surface area contributed by atoms with E-state index in [1.54, 1.807) is 23.5 Å². The van der Waals surface area contributed by atoms with Crippen molar-refractivity contribution in [2.75, 3.05) is 14.1 Å². The predicted molar refractivity (Wildman–Crippen MR) is 91.6 cm³/mol. The monoisotopic (exact) mass is 341 g/mol. The lowest BCUT2D eigenvalue weighted by Gasteiger charge is -2.39. The number of hydrogen-bond donors (Lipinski definition) is 1. The van der Waals surface area contributed by atoms with Crippen LogP contribution in [0.1, 0.15) is 19.4 Å². The molecule has 1 aromatic heterocycles. The molecule has 1 unspecified atom stereocenters. The molecule has 0 radical (unpaired) electrons. The normalized spacial score (nSPS) is 21.5. The average molecular weight is 341 g/mol. The number of fused-ring (bicyclic) bond motifs is 2. The van der Waals surface area contributed by atoms with Gasteiger partial charge in [-0.3, -0.25) is 0 Å². The summed E-state index contributed by atoms with van der Waals surface area (Å²) in [6.07, 6.45) is 7.23. The highest BCUT2D eigenvalue weighted by atomic mass is 16.6. The lowest BCUT2D eigenvalue weighted by molar-refractivity contribution is -0.903. The first-order valence-electron chi connectivity index (χ1n) is 7.93. The fourth-order valence-corrected chi connectivity index (χ4v) is 2.96. The van der Waals surface area contributed by atoms with E-state index in [9.17, 15) is 5.21 Å². The van der Waals surface area contributed by atoms with Gasteiger partial charge in [0.25, 0.3) is 0 Å². The second-order valence-electron chi connectivity index (χ2n) is 6.82. The molecule has 2 aromatic rings. The van der Waals surface area contributed by atoms with E-state index in [1.165, 1.54) is 0 Å². The molecule has 0 aliphatic carbocycles. The maximum atomic E-state index is 12.7. The van der Waals surface area contributed by atoms with Crippen molar-refractivity contribution >= 4 is 16.7 Å². The van der Waals surface area contributed by atoms with Crippen molar-refractivity contribution in [1.29, 1.82) is 0 Å². The first-order chi connectivity index (χ1) is 11.8. The van der Waals surface area contributed by atoms with E-state index in [2.05, 4.69) is 10.3 Å². The van der Waals surface area contributed by atoms with Gasteiger partial charge in [-0.05, 0) is 42.4 Å². The van der Waals surface area contributed by atoms with Crippen LogP contribution in [0.4, 0.5) is 0 Å². The van der Waals surface area contributed by atoms with E-state index in [0.717, 1.165) is 17.0 Å². The highest BCUT2D eigenvalue weighted by molar-refractivity contribution is 5.84. The van der Waals surface area contributed by atoms with Crippen molar-refractivity contribution in [3.63, 3.8) is 0 Å². The number of hydroxylamine groups is 1. The first-order valence-corrected chi connectivity index (χ1v) is 7.93. The van der Waals surface area contributed by atoms with Gasteiger partial charge < -0.3 is 14.8 Å². The summed E-state index contributed by atoms with van der Waals surface area (Å²) in [5, 5.41) is 21.9. The summed E-state index contributed by atoms with van der Waals surface area (Å²) in [5.41, 5.74) is 3.06. The Hall–Kier alpha value is -2.84. The highest BCUT2D eigenvalue weighted by Crippen LogP contribution is 2.39. The molecule has 25 heavy (non-hydrogen) atoms. The van der Waals surface area contributed by atoms with Crippen LogP contribution in [0.15, 0.2) is 47.0 Å². The number of nitrogens with one attached hydrogen (secondary N) is 1. The van der Waals surface area contributed by atoms with Gasteiger partial charge in [0, 0.05) is 25.7 Å². The van der Waals surface area contributed by atoms with Crippen LogP contribution in [0.3, 0.4) is 0 Å². The summed E-state index contributed by atoms with van der Waals surface area (Å²) in [4.78, 5) is 1.90.